The lowest BCUT2D eigenvalue weighted by Crippen LogP contribution is -2.47. The van der Waals surface area contributed by atoms with Gasteiger partial charge in [-0.1, -0.05) is 31.0 Å². The second kappa shape index (κ2) is 8.99. The number of anilines is 1. The van der Waals surface area contributed by atoms with Gasteiger partial charge in [0.25, 0.3) is 10.0 Å². The summed E-state index contributed by atoms with van der Waals surface area (Å²) < 4.78 is 58.5. The van der Waals surface area contributed by atoms with Gasteiger partial charge in [-0.3, -0.25) is 0 Å². The largest absolute Gasteiger partial charge is 0.376 e. The van der Waals surface area contributed by atoms with Crippen LogP contribution in [0.1, 0.15) is 36.9 Å². The molecule has 0 bridgehead atoms. The van der Waals surface area contributed by atoms with Crippen LogP contribution in [-0.4, -0.2) is 53.7 Å². The van der Waals surface area contributed by atoms with Crippen molar-refractivity contribution >= 4 is 15.7 Å². The van der Waals surface area contributed by atoms with Gasteiger partial charge < -0.3 is 14.6 Å². The molecule has 1 aromatic carbocycles. The molecule has 1 aliphatic heterocycles. The Kier molecular flexibility index (Phi) is 6.35. The number of sulfonamides is 1. The average Bonchev–Trinajstić information content (AvgIpc) is 3.40. The molecule has 0 unspecified atom stereocenters. The van der Waals surface area contributed by atoms with Crippen molar-refractivity contribution in [3.05, 3.63) is 48.0 Å². The van der Waals surface area contributed by atoms with E-state index in [1.807, 2.05) is 17.0 Å². The topological polar surface area (TPSA) is 78.5 Å². The van der Waals surface area contributed by atoms with Gasteiger partial charge in [0.05, 0.1) is 37.3 Å². The number of aromatic amines is 1. The van der Waals surface area contributed by atoms with E-state index in [9.17, 15) is 17.2 Å². The lowest BCUT2D eigenvalue weighted by atomic mass is 10.1. The number of halogens is 2. The van der Waals surface area contributed by atoms with E-state index in [-0.39, 0.29) is 25.8 Å². The van der Waals surface area contributed by atoms with Crippen LogP contribution in [0.25, 0.3) is 0 Å². The highest BCUT2D eigenvalue weighted by Gasteiger charge is 2.38. The molecule has 1 atom stereocenters. The average molecular weight is 441 g/mol. The van der Waals surface area contributed by atoms with E-state index in [4.69, 9.17) is 4.74 Å². The predicted octanol–water partition coefficient (Wildman–Crippen LogP) is 3.11. The number of imidazole rings is 1. The van der Waals surface area contributed by atoms with Crippen molar-refractivity contribution in [2.45, 2.75) is 56.7 Å². The van der Waals surface area contributed by atoms with Crippen molar-refractivity contribution < 1.29 is 21.9 Å². The zero-order valence-corrected chi connectivity index (χ0v) is 17.4. The molecule has 1 aliphatic carbocycles. The number of nitrogens with zero attached hydrogens (tertiary/aromatic N) is 3. The van der Waals surface area contributed by atoms with Crippen molar-refractivity contribution in [2.24, 2.45) is 0 Å². The molecule has 0 radical (unpaired) electrons. The van der Waals surface area contributed by atoms with Gasteiger partial charge in [0, 0.05) is 25.0 Å². The number of rotatable bonds is 7. The Hall–Kier alpha value is -2.04. The number of aromatic nitrogens is 2. The summed E-state index contributed by atoms with van der Waals surface area (Å²) >= 11 is 0. The molecule has 164 valence electrons. The Morgan fingerprint density at radius 3 is 2.70 bits per heavy atom. The number of H-pyrrole nitrogens is 1. The normalized spacial score (nSPS) is 21.2. The number of ether oxygens (including phenoxy) is 1. The van der Waals surface area contributed by atoms with Crippen molar-refractivity contribution in [1.82, 2.24) is 14.3 Å². The first-order valence-electron chi connectivity index (χ1n) is 10.2. The number of fused-ring (bicyclic) bond motifs is 1. The molecule has 4 rings (SSSR count). The maximum atomic E-state index is 13.4. The molecule has 2 aromatic rings. The maximum Gasteiger partial charge on any atom is 0.350 e. The number of hydrogen-bond donors (Lipinski definition) is 1. The predicted molar refractivity (Wildman–Crippen MR) is 109 cm³/mol. The molecular weight excluding hydrogens is 414 g/mol. The molecule has 7 nitrogen and oxygen atoms in total. The highest BCUT2D eigenvalue weighted by atomic mass is 32.2. The van der Waals surface area contributed by atoms with Crippen LogP contribution in [-0.2, 0) is 27.8 Å². The van der Waals surface area contributed by atoms with Crippen LogP contribution in [0.5, 0.6) is 0 Å². The maximum absolute atomic E-state index is 13.4. The second-order valence-electron chi connectivity index (χ2n) is 7.83. The lowest BCUT2D eigenvalue weighted by molar-refractivity contribution is 0.0446. The third-order valence-corrected chi connectivity index (χ3v) is 7.26. The first kappa shape index (κ1) is 21.2. The van der Waals surface area contributed by atoms with Crippen LogP contribution >= 0.6 is 0 Å². The summed E-state index contributed by atoms with van der Waals surface area (Å²) in [6.45, 7) is 0.547. The SMILES string of the molecule is O=S(=O)(C(F)F)N1Cc2ccccc2N(Cc2cnc[nH]2)[C@@H](COC2CCCC2)C1. The van der Waals surface area contributed by atoms with Gasteiger partial charge in [-0.2, -0.15) is 13.1 Å². The Bertz CT molecular complexity index is 933. The Morgan fingerprint density at radius 1 is 1.23 bits per heavy atom. The highest BCUT2D eigenvalue weighted by Crippen LogP contribution is 2.32. The zero-order valence-electron chi connectivity index (χ0n) is 16.6. The number of alkyl halides is 2. The molecule has 10 heteroatoms. The monoisotopic (exact) mass is 440 g/mol. The number of hydrogen-bond acceptors (Lipinski definition) is 5. The summed E-state index contributed by atoms with van der Waals surface area (Å²) in [6.07, 6.45) is 7.60. The van der Waals surface area contributed by atoms with Crippen molar-refractivity contribution in [2.75, 3.05) is 18.1 Å². The quantitative estimate of drug-likeness (QED) is 0.716. The first-order chi connectivity index (χ1) is 14.4. The van der Waals surface area contributed by atoms with Gasteiger partial charge in [0.2, 0.25) is 0 Å². The Labute approximate surface area is 175 Å². The number of benzene rings is 1. The van der Waals surface area contributed by atoms with Crippen LogP contribution in [0.2, 0.25) is 0 Å². The third kappa shape index (κ3) is 4.50. The van der Waals surface area contributed by atoms with E-state index in [0.29, 0.717) is 12.1 Å². The van der Waals surface area contributed by atoms with Gasteiger partial charge in [-0.05, 0) is 24.5 Å². The molecule has 2 heterocycles. The van der Waals surface area contributed by atoms with Gasteiger partial charge in [-0.25, -0.2) is 13.4 Å². The van der Waals surface area contributed by atoms with Crippen molar-refractivity contribution in [3.63, 3.8) is 0 Å². The molecule has 30 heavy (non-hydrogen) atoms. The third-order valence-electron chi connectivity index (χ3n) is 5.81. The molecule has 2 aliphatic rings. The molecule has 0 amide bonds. The van der Waals surface area contributed by atoms with E-state index < -0.39 is 21.8 Å². The fourth-order valence-electron chi connectivity index (χ4n) is 4.23. The van der Waals surface area contributed by atoms with Gasteiger partial charge in [0.1, 0.15) is 0 Å². The number of para-hydroxylation sites is 1. The molecule has 0 saturated heterocycles. The van der Waals surface area contributed by atoms with Crippen LogP contribution in [0.3, 0.4) is 0 Å². The molecule has 0 spiro atoms. The second-order valence-corrected chi connectivity index (χ2v) is 9.73. The van der Waals surface area contributed by atoms with Gasteiger partial charge in [-0.15, -0.1) is 0 Å². The van der Waals surface area contributed by atoms with Crippen LogP contribution < -0.4 is 4.90 Å². The molecule has 1 N–H and O–H groups in total. The molecule has 1 aromatic heterocycles. The van der Waals surface area contributed by atoms with Gasteiger partial charge >= 0.3 is 5.76 Å². The summed E-state index contributed by atoms with van der Waals surface area (Å²) in [5.74, 6) is -3.46. The number of nitrogens with one attached hydrogen (secondary N) is 1. The van der Waals surface area contributed by atoms with E-state index in [2.05, 4.69) is 9.97 Å². The molecule has 1 saturated carbocycles. The van der Waals surface area contributed by atoms with Crippen molar-refractivity contribution in [3.8, 4) is 0 Å². The van der Waals surface area contributed by atoms with Gasteiger partial charge in [0.15, 0.2) is 0 Å². The van der Waals surface area contributed by atoms with E-state index in [1.165, 1.54) is 0 Å². The molecular formula is C20H26F2N4O3S. The van der Waals surface area contributed by atoms with Crippen LogP contribution in [0, 0.1) is 0 Å². The summed E-state index contributed by atoms with van der Waals surface area (Å²) in [7, 11) is -4.72. The van der Waals surface area contributed by atoms with Crippen LogP contribution in [0.15, 0.2) is 36.8 Å². The minimum absolute atomic E-state index is 0.0673. The fraction of sp³-hybridized carbons (Fsp3) is 0.550. The smallest absolute Gasteiger partial charge is 0.350 e. The summed E-state index contributed by atoms with van der Waals surface area (Å²) in [5.41, 5.74) is 2.35. The minimum Gasteiger partial charge on any atom is -0.376 e. The van der Waals surface area contributed by atoms with E-state index >= 15 is 0 Å². The summed E-state index contributed by atoms with van der Waals surface area (Å²) in [4.78, 5) is 9.17. The fourth-order valence-corrected chi connectivity index (χ4v) is 5.15. The standard InChI is InChI=1S/C20H26F2N4O3S/c21-20(22)30(27,28)25-10-15-5-1-4-8-19(15)26(11-16-9-23-14-24-16)17(12-25)13-29-18-6-2-3-7-18/h1,4-5,8-9,14,17-18,20H,2-3,6-7,10-13H2,(H,23,24)/t17-/m1/s1. The Morgan fingerprint density at radius 2 is 2.00 bits per heavy atom. The minimum atomic E-state index is -4.72. The highest BCUT2D eigenvalue weighted by molar-refractivity contribution is 7.89. The zero-order chi connectivity index (χ0) is 21.1. The molecule has 1 fully saturated rings. The van der Waals surface area contributed by atoms with Crippen LogP contribution in [0.4, 0.5) is 14.5 Å². The Balaban J connectivity index is 1.68. The van der Waals surface area contributed by atoms with E-state index in [0.717, 1.165) is 41.4 Å². The summed E-state index contributed by atoms with van der Waals surface area (Å²) in [6, 6.07) is 6.92. The lowest BCUT2D eigenvalue weighted by Gasteiger charge is -2.34. The van der Waals surface area contributed by atoms with Crippen molar-refractivity contribution in [1.29, 1.82) is 0 Å². The summed E-state index contributed by atoms with van der Waals surface area (Å²) in [5, 5.41) is 0. The first-order valence-corrected chi connectivity index (χ1v) is 11.7. The van der Waals surface area contributed by atoms with E-state index in [1.54, 1.807) is 24.7 Å².